The Kier molecular flexibility index (Phi) is 3.10. The summed E-state index contributed by atoms with van der Waals surface area (Å²) < 4.78 is 2.00. The van der Waals surface area contributed by atoms with Gasteiger partial charge in [0.05, 0.1) is 5.69 Å². The summed E-state index contributed by atoms with van der Waals surface area (Å²) in [4.78, 5) is 0. The highest BCUT2D eigenvalue weighted by molar-refractivity contribution is 5.28. The maximum atomic E-state index is 4.49. The third-order valence-electron chi connectivity index (χ3n) is 3.47. The van der Waals surface area contributed by atoms with Gasteiger partial charge in [0.25, 0.3) is 0 Å². The average Bonchev–Trinajstić information content (AvgIpc) is 2.46. The SMILES string of the molecule is Cc1nn(C)c(C)c1[C@H]1CCCCCN1. The molecular formula is C12H21N3. The van der Waals surface area contributed by atoms with E-state index in [1.54, 1.807) is 0 Å². The molecule has 1 atom stereocenters. The van der Waals surface area contributed by atoms with E-state index in [4.69, 9.17) is 0 Å². The molecule has 0 unspecified atom stereocenters. The highest BCUT2D eigenvalue weighted by Crippen LogP contribution is 2.27. The molecule has 15 heavy (non-hydrogen) atoms. The molecule has 1 aliphatic rings. The van der Waals surface area contributed by atoms with Gasteiger partial charge < -0.3 is 5.32 Å². The topological polar surface area (TPSA) is 29.9 Å². The van der Waals surface area contributed by atoms with Crippen molar-refractivity contribution in [2.45, 2.75) is 45.6 Å². The summed E-state index contributed by atoms with van der Waals surface area (Å²) in [5.41, 5.74) is 3.93. The minimum absolute atomic E-state index is 0.529. The van der Waals surface area contributed by atoms with Gasteiger partial charge in [0.2, 0.25) is 0 Å². The normalized spacial score (nSPS) is 22.7. The van der Waals surface area contributed by atoms with Gasteiger partial charge in [-0.05, 0) is 33.2 Å². The molecule has 0 saturated carbocycles. The zero-order valence-corrected chi connectivity index (χ0v) is 10.0. The molecule has 3 nitrogen and oxygen atoms in total. The van der Waals surface area contributed by atoms with Gasteiger partial charge in [0, 0.05) is 24.3 Å². The van der Waals surface area contributed by atoms with Gasteiger partial charge in [-0.25, -0.2) is 0 Å². The molecule has 3 heteroatoms. The number of rotatable bonds is 1. The van der Waals surface area contributed by atoms with Crippen molar-refractivity contribution in [2.75, 3.05) is 6.54 Å². The third-order valence-corrected chi connectivity index (χ3v) is 3.47. The van der Waals surface area contributed by atoms with Crippen LogP contribution in [0, 0.1) is 13.8 Å². The van der Waals surface area contributed by atoms with Crippen LogP contribution in [0.4, 0.5) is 0 Å². The van der Waals surface area contributed by atoms with Gasteiger partial charge in [0.1, 0.15) is 0 Å². The number of nitrogens with zero attached hydrogens (tertiary/aromatic N) is 2. The van der Waals surface area contributed by atoms with Crippen LogP contribution in [0.5, 0.6) is 0 Å². The monoisotopic (exact) mass is 207 g/mol. The quantitative estimate of drug-likeness (QED) is 0.765. The summed E-state index contributed by atoms with van der Waals surface area (Å²) >= 11 is 0. The van der Waals surface area contributed by atoms with Crippen molar-refractivity contribution in [2.24, 2.45) is 7.05 Å². The first kappa shape index (κ1) is 10.7. The van der Waals surface area contributed by atoms with Crippen LogP contribution in [0.2, 0.25) is 0 Å². The summed E-state index contributed by atoms with van der Waals surface area (Å²) in [5, 5.41) is 8.13. The molecule has 1 N–H and O–H groups in total. The van der Waals surface area contributed by atoms with Crippen molar-refractivity contribution in [3.05, 3.63) is 17.0 Å². The molecule has 1 aliphatic heterocycles. The van der Waals surface area contributed by atoms with Gasteiger partial charge in [-0.3, -0.25) is 4.68 Å². The Hall–Kier alpha value is -0.830. The smallest absolute Gasteiger partial charge is 0.0644 e. The Labute approximate surface area is 91.9 Å². The number of aromatic nitrogens is 2. The predicted molar refractivity (Wildman–Crippen MR) is 61.9 cm³/mol. The van der Waals surface area contributed by atoms with Crippen molar-refractivity contribution in [3.63, 3.8) is 0 Å². The van der Waals surface area contributed by atoms with Crippen LogP contribution in [0.1, 0.15) is 48.7 Å². The lowest BCUT2D eigenvalue weighted by Crippen LogP contribution is -2.21. The molecule has 1 aromatic rings. The molecule has 0 aliphatic carbocycles. The summed E-state index contributed by atoms with van der Waals surface area (Å²) in [6, 6.07) is 0.529. The summed E-state index contributed by atoms with van der Waals surface area (Å²) in [7, 11) is 2.03. The van der Waals surface area contributed by atoms with E-state index < -0.39 is 0 Å². The zero-order chi connectivity index (χ0) is 10.8. The summed E-state index contributed by atoms with van der Waals surface area (Å²) in [6.45, 7) is 5.44. The maximum absolute atomic E-state index is 4.49. The number of hydrogen-bond acceptors (Lipinski definition) is 2. The first-order valence-corrected chi connectivity index (χ1v) is 5.93. The Morgan fingerprint density at radius 1 is 1.27 bits per heavy atom. The van der Waals surface area contributed by atoms with Crippen LogP contribution in [-0.4, -0.2) is 16.3 Å². The Balaban J connectivity index is 2.26. The van der Waals surface area contributed by atoms with Gasteiger partial charge in [-0.15, -0.1) is 0 Å². The molecule has 1 aromatic heterocycles. The maximum Gasteiger partial charge on any atom is 0.0644 e. The lowest BCUT2D eigenvalue weighted by Gasteiger charge is -2.16. The van der Waals surface area contributed by atoms with Crippen molar-refractivity contribution in [1.29, 1.82) is 0 Å². The van der Waals surface area contributed by atoms with Crippen LogP contribution in [0.25, 0.3) is 0 Å². The van der Waals surface area contributed by atoms with Crippen LogP contribution < -0.4 is 5.32 Å². The fourth-order valence-electron chi connectivity index (χ4n) is 2.57. The van der Waals surface area contributed by atoms with E-state index in [1.165, 1.54) is 42.6 Å². The molecule has 0 radical (unpaired) electrons. The summed E-state index contributed by atoms with van der Waals surface area (Å²) in [6.07, 6.45) is 5.27. The highest BCUT2D eigenvalue weighted by Gasteiger charge is 2.20. The Bertz CT molecular complexity index is 333. The second-order valence-electron chi connectivity index (χ2n) is 4.56. The van der Waals surface area contributed by atoms with Crippen LogP contribution in [0.15, 0.2) is 0 Å². The van der Waals surface area contributed by atoms with E-state index in [0.717, 1.165) is 6.54 Å². The molecule has 0 aromatic carbocycles. The van der Waals surface area contributed by atoms with E-state index in [0.29, 0.717) is 6.04 Å². The Morgan fingerprint density at radius 2 is 2.07 bits per heavy atom. The largest absolute Gasteiger partial charge is 0.310 e. The van der Waals surface area contributed by atoms with Crippen molar-refractivity contribution in [1.82, 2.24) is 15.1 Å². The lowest BCUT2D eigenvalue weighted by atomic mass is 10.0. The van der Waals surface area contributed by atoms with Crippen molar-refractivity contribution >= 4 is 0 Å². The number of hydrogen-bond donors (Lipinski definition) is 1. The van der Waals surface area contributed by atoms with Crippen LogP contribution in [0.3, 0.4) is 0 Å². The molecule has 0 amide bonds. The average molecular weight is 207 g/mol. The molecule has 1 fully saturated rings. The van der Waals surface area contributed by atoms with E-state index >= 15 is 0 Å². The van der Waals surface area contributed by atoms with Gasteiger partial charge in [-0.1, -0.05) is 12.8 Å². The fourth-order valence-corrected chi connectivity index (χ4v) is 2.57. The fraction of sp³-hybridized carbons (Fsp3) is 0.750. The zero-order valence-electron chi connectivity index (χ0n) is 10.0. The molecule has 0 bridgehead atoms. The molecule has 1 saturated heterocycles. The molecular weight excluding hydrogens is 186 g/mol. The molecule has 0 spiro atoms. The summed E-state index contributed by atoms with van der Waals surface area (Å²) in [5.74, 6) is 0. The highest BCUT2D eigenvalue weighted by atomic mass is 15.3. The van der Waals surface area contributed by atoms with E-state index in [2.05, 4.69) is 24.3 Å². The molecule has 84 valence electrons. The van der Waals surface area contributed by atoms with Crippen molar-refractivity contribution in [3.8, 4) is 0 Å². The van der Waals surface area contributed by atoms with Crippen molar-refractivity contribution < 1.29 is 0 Å². The van der Waals surface area contributed by atoms with Crippen LogP contribution >= 0.6 is 0 Å². The van der Waals surface area contributed by atoms with E-state index in [-0.39, 0.29) is 0 Å². The van der Waals surface area contributed by atoms with E-state index in [1.807, 2.05) is 11.7 Å². The second-order valence-corrected chi connectivity index (χ2v) is 4.56. The van der Waals surface area contributed by atoms with E-state index in [9.17, 15) is 0 Å². The van der Waals surface area contributed by atoms with Gasteiger partial charge >= 0.3 is 0 Å². The number of aryl methyl sites for hydroxylation is 2. The predicted octanol–water partition coefficient (Wildman–Crippen LogP) is 2.24. The van der Waals surface area contributed by atoms with Gasteiger partial charge in [0.15, 0.2) is 0 Å². The third kappa shape index (κ3) is 2.07. The Morgan fingerprint density at radius 3 is 2.73 bits per heavy atom. The number of nitrogens with one attached hydrogen (secondary N) is 1. The first-order valence-electron chi connectivity index (χ1n) is 5.93. The first-order chi connectivity index (χ1) is 7.20. The molecule has 2 rings (SSSR count). The second kappa shape index (κ2) is 4.35. The molecule has 2 heterocycles. The van der Waals surface area contributed by atoms with Gasteiger partial charge in [-0.2, -0.15) is 5.10 Å². The minimum atomic E-state index is 0.529. The van der Waals surface area contributed by atoms with Crippen LogP contribution in [-0.2, 0) is 7.05 Å². The lowest BCUT2D eigenvalue weighted by molar-refractivity contribution is 0.529. The minimum Gasteiger partial charge on any atom is -0.310 e. The standard InChI is InChI=1S/C12H21N3/c1-9-12(10(2)15(3)14-9)11-7-5-4-6-8-13-11/h11,13H,4-8H2,1-3H3/t11-/m1/s1.